The second kappa shape index (κ2) is 5.73. The number of anilines is 2. The van der Waals surface area contributed by atoms with Gasteiger partial charge >= 0.3 is 0 Å². The van der Waals surface area contributed by atoms with Gasteiger partial charge < -0.3 is 15.6 Å². The molecule has 0 fully saturated rings. The van der Waals surface area contributed by atoms with Crippen molar-refractivity contribution in [1.29, 1.82) is 0 Å². The predicted molar refractivity (Wildman–Crippen MR) is 71.2 cm³/mol. The second-order valence-electron chi connectivity index (χ2n) is 3.93. The Morgan fingerprint density at radius 2 is 2.28 bits per heavy atom. The van der Waals surface area contributed by atoms with Crippen LogP contribution in [0.1, 0.15) is 6.42 Å². The third-order valence-corrected chi connectivity index (χ3v) is 2.85. The molecule has 0 radical (unpaired) electrons. The molecule has 1 aromatic heterocycles. The fraction of sp³-hybridized carbons (Fsp3) is 0.250. The molecule has 0 unspecified atom stereocenters. The molecule has 2 aromatic rings. The van der Waals surface area contributed by atoms with Crippen LogP contribution in [-0.4, -0.2) is 16.1 Å². The maximum Gasteiger partial charge on any atom is 0.143 e. The zero-order valence-electron chi connectivity index (χ0n) is 9.74. The van der Waals surface area contributed by atoms with Crippen LogP contribution in [0, 0.1) is 5.82 Å². The molecule has 0 spiro atoms. The molecule has 18 heavy (non-hydrogen) atoms. The summed E-state index contributed by atoms with van der Waals surface area (Å²) in [5.74, 6) is -0.502. The molecule has 6 heteroatoms. The van der Waals surface area contributed by atoms with E-state index >= 15 is 0 Å². The van der Waals surface area contributed by atoms with E-state index in [-0.39, 0.29) is 5.02 Å². The quantitative estimate of drug-likeness (QED) is 0.648. The van der Waals surface area contributed by atoms with Crippen molar-refractivity contribution in [3.8, 4) is 0 Å². The number of hydrogen-bond acceptors (Lipinski definition) is 3. The molecule has 0 saturated carbocycles. The molecule has 1 heterocycles. The van der Waals surface area contributed by atoms with Crippen LogP contribution < -0.4 is 11.1 Å². The van der Waals surface area contributed by atoms with E-state index in [1.165, 1.54) is 12.1 Å². The summed E-state index contributed by atoms with van der Waals surface area (Å²) >= 11 is 5.70. The molecule has 0 atom stereocenters. The maximum atomic E-state index is 13.1. The molecule has 4 nitrogen and oxygen atoms in total. The van der Waals surface area contributed by atoms with Gasteiger partial charge in [-0.25, -0.2) is 9.37 Å². The number of nitrogens with zero attached hydrogens (tertiary/aromatic N) is 2. The highest BCUT2D eigenvalue weighted by molar-refractivity contribution is 6.31. The lowest BCUT2D eigenvalue weighted by atomic mass is 10.2. The van der Waals surface area contributed by atoms with E-state index in [1.54, 1.807) is 12.5 Å². The largest absolute Gasteiger partial charge is 0.397 e. The van der Waals surface area contributed by atoms with Crippen LogP contribution in [0.3, 0.4) is 0 Å². The number of imidazole rings is 1. The van der Waals surface area contributed by atoms with Crippen LogP contribution in [0.5, 0.6) is 0 Å². The average Bonchev–Trinajstić information content (AvgIpc) is 2.84. The molecule has 3 N–H and O–H groups in total. The summed E-state index contributed by atoms with van der Waals surface area (Å²) in [6.07, 6.45) is 6.32. The summed E-state index contributed by atoms with van der Waals surface area (Å²) < 4.78 is 15.1. The zero-order chi connectivity index (χ0) is 13.0. The van der Waals surface area contributed by atoms with Gasteiger partial charge in [0.05, 0.1) is 22.7 Å². The number of hydrogen-bond donors (Lipinski definition) is 2. The summed E-state index contributed by atoms with van der Waals surface area (Å²) in [6.45, 7) is 1.59. The molecule has 0 bridgehead atoms. The summed E-state index contributed by atoms with van der Waals surface area (Å²) in [5.41, 5.74) is 6.71. The topological polar surface area (TPSA) is 55.9 Å². The lowest BCUT2D eigenvalue weighted by Crippen LogP contribution is -2.07. The Morgan fingerprint density at radius 1 is 1.44 bits per heavy atom. The number of nitrogens with two attached hydrogens (primary N) is 1. The normalized spacial score (nSPS) is 10.6. The Hall–Kier alpha value is -1.75. The molecule has 96 valence electrons. The van der Waals surface area contributed by atoms with Gasteiger partial charge in [-0.3, -0.25) is 0 Å². The van der Waals surface area contributed by atoms with Gasteiger partial charge in [-0.1, -0.05) is 11.6 Å². The zero-order valence-corrected chi connectivity index (χ0v) is 10.5. The minimum Gasteiger partial charge on any atom is -0.397 e. The SMILES string of the molecule is Nc1cc(F)c(Cl)cc1NCCCn1ccnc1. The number of nitrogen functional groups attached to an aromatic ring is 1. The van der Waals surface area contributed by atoms with Crippen LogP contribution in [0.2, 0.25) is 5.02 Å². The maximum absolute atomic E-state index is 13.1. The molecular weight excluding hydrogens is 255 g/mol. The van der Waals surface area contributed by atoms with Gasteiger partial charge in [-0.15, -0.1) is 0 Å². The predicted octanol–water partition coefficient (Wildman–Crippen LogP) is 2.76. The Labute approximate surface area is 110 Å². The van der Waals surface area contributed by atoms with Crippen LogP contribution >= 0.6 is 11.6 Å². The Balaban J connectivity index is 1.85. The first kappa shape index (κ1) is 12.7. The van der Waals surface area contributed by atoms with E-state index in [0.717, 1.165) is 19.5 Å². The van der Waals surface area contributed by atoms with Gasteiger partial charge in [0.25, 0.3) is 0 Å². The number of aromatic nitrogens is 2. The lowest BCUT2D eigenvalue weighted by Gasteiger charge is -2.10. The number of halogens is 2. The third kappa shape index (κ3) is 3.13. The minimum atomic E-state index is -0.502. The Morgan fingerprint density at radius 3 is 3.00 bits per heavy atom. The standard InChI is InChI=1S/C12H14ClFN4/c13-9-6-12(11(15)7-10(9)14)17-2-1-4-18-5-3-16-8-18/h3,5-8,17H,1-2,4,15H2. The van der Waals surface area contributed by atoms with E-state index in [1.807, 2.05) is 10.8 Å². The van der Waals surface area contributed by atoms with Crippen molar-refractivity contribution in [3.63, 3.8) is 0 Å². The van der Waals surface area contributed by atoms with Gasteiger partial charge in [0.1, 0.15) is 5.82 Å². The Bertz CT molecular complexity index is 513. The van der Waals surface area contributed by atoms with Crippen molar-refractivity contribution < 1.29 is 4.39 Å². The van der Waals surface area contributed by atoms with Gasteiger partial charge in [0.15, 0.2) is 0 Å². The number of nitrogens with one attached hydrogen (secondary N) is 1. The van der Waals surface area contributed by atoms with Crippen LogP contribution in [0.4, 0.5) is 15.8 Å². The fourth-order valence-electron chi connectivity index (χ4n) is 1.62. The molecule has 0 amide bonds. The summed E-state index contributed by atoms with van der Waals surface area (Å²) in [5, 5.41) is 3.20. The van der Waals surface area contributed by atoms with E-state index in [9.17, 15) is 4.39 Å². The minimum absolute atomic E-state index is 0.0707. The van der Waals surface area contributed by atoms with Gasteiger partial charge in [0.2, 0.25) is 0 Å². The highest BCUT2D eigenvalue weighted by Crippen LogP contribution is 2.26. The third-order valence-electron chi connectivity index (χ3n) is 2.56. The van der Waals surface area contributed by atoms with Crippen molar-refractivity contribution in [3.05, 3.63) is 41.7 Å². The first-order chi connectivity index (χ1) is 8.66. The van der Waals surface area contributed by atoms with Crippen LogP contribution in [-0.2, 0) is 6.54 Å². The number of benzene rings is 1. The summed E-state index contributed by atoms with van der Waals surface area (Å²) in [6, 6.07) is 2.73. The van der Waals surface area contributed by atoms with Crippen molar-refractivity contribution in [2.45, 2.75) is 13.0 Å². The highest BCUT2D eigenvalue weighted by Gasteiger charge is 2.05. The smallest absolute Gasteiger partial charge is 0.143 e. The molecule has 0 aliphatic rings. The number of aryl methyl sites for hydroxylation is 1. The van der Waals surface area contributed by atoms with E-state index in [4.69, 9.17) is 17.3 Å². The molecule has 0 aliphatic carbocycles. The highest BCUT2D eigenvalue weighted by atomic mass is 35.5. The van der Waals surface area contributed by atoms with Crippen molar-refractivity contribution >= 4 is 23.0 Å². The monoisotopic (exact) mass is 268 g/mol. The Kier molecular flexibility index (Phi) is 4.04. The van der Waals surface area contributed by atoms with E-state index in [2.05, 4.69) is 10.3 Å². The number of rotatable bonds is 5. The van der Waals surface area contributed by atoms with Gasteiger partial charge in [0, 0.05) is 31.5 Å². The molecule has 2 rings (SSSR count). The van der Waals surface area contributed by atoms with E-state index < -0.39 is 5.82 Å². The molecule has 0 aliphatic heterocycles. The van der Waals surface area contributed by atoms with Gasteiger partial charge in [-0.2, -0.15) is 0 Å². The van der Waals surface area contributed by atoms with Crippen LogP contribution in [0.25, 0.3) is 0 Å². The van der Waals surface area contributed by atoms with Crippen molar-refractivity contribution in [2.75, 3.05) is 17.6 Å². The fourth-order valence-corrected chi connectivity index (χ4v) is 1.78. The summed E-state index contributed by atoms with van der Waals surface area (Å²) in [7, 11) is 0. The first-order valence-corrected chi connectivity index (χ1v) is 5.99. The van der Waals surface area contributed by atoms with Crippen molar-refractivity contribution in [1.82, 2.24) is 9.55 Å². The van der Waals surface area contributed by atoms with Gasteiger partial charge in [-0.05, 0) is 12.5 Å². The molecule has 1 aromatic carbocycles. The lowest BCUT2D eigenvalue weighted by molar-refractivity contribution is 0.629. The van der Waals surface area contributed by atoms with E-state index in [0.29, 0.717) is 11.4 Å². The molecule has 0 saturated heterocycles. The second-order valence-corrected chi connectivity index (χ2v) is 4.34. The average molecular weight is 269 g/mol. The molecular formula is C12H14ClFN4. The van der Waals surface area contributed by atoms with Crippen LogP contribution in [0.15, 0.2) is 30.9 Å². The first-order valence-electron chi connectivity index (χ1n) is 5.61. The summed E-state index contributed by atoms with van der Waals surface area (Å²) in [4.78, 5) is 3.96. The van der Waals surface area contributed by atoms with Crippen molar-refractivity contribution in [2.24, 2.45) is 0 Å².